The SMILES string of the molecule is CCOC(=O)C1=C(C(=O)O)N2C(=O)C(NS(=O)(=O)C(F)(F)F)[C@@H]2CC1. The normalized spacial score (nSPS) is 23.8. The Morgan fingerprint density at radius 3 is 2.48 bits per heavy atom. The van der Waals surface area contributed by atoms with E-state index in [0.717, 1.165) is 0 Å². The number of β-lactam (4-membered cyclic amide) rings is 1. The fraction of sp³-hybridized carbons (Fsp3) is 0.583. The molecule has 0 aliphatic carbocycles. The molecule has 2 N–H and O–H groups in total. The Kier molecular flexibility index (Phi) is 4.83. The molecule has 2 heterocycles. The van der Waals surface area contributed by atoms with Crippen molar-refractivity contribution in [2.75, 3.05) is 6.61 Å². The lowest BCUT2D eigenvalue weighted by Gasteiger charge is -2.49. The number of esters is 1. The van der Waals surface area contributed by atoms with Crippen LogP contribution in [0.25, 0.3) is 0 Å². The molecule has 1 unspecified atom stereocenters. The predicted octanol–water partition coefficient (Wildman–Crippen LogP) is -0.299. The summed E-state index contributed by atoms with van der Waals surface area (Å²) >= 11 is 0. The number of amides is 1. The van der Waals surface area contributed by atoms with Gasteiger partial charge in [0.1, 0.15) is 11.7 Å². The van der Waals surface area contributed by atoms with Crippen LogP contribution in [0.1, 0.15) is 19.8 Å². The van der Waals surface area contributed by atoms with Crippen LogP contribution in [-0.4, -0.2) is 60.5 Å². The van der Waals surface area contributed by atoms with Gasteiger partial charge in [0.2, 0.25) is 5.91 Å². The van der Waals surface area contributed by atoms with Crippen molar-refractivity contribution in [3.05, 3.63) is 11.3 Å². The third kappa shape index (κ3) is 3.20. The van der Waals surface area contributed by atoms with Crippen LogP contribution in [0.2, 0.25) is 0 Å². The van der Waals surface area contributed by atoms with Gasteiger partial charge in [-0.05, 0) is 19.8 Å². The van der Waals surface area contributed by atoms with E-state index < -0.39 is 51.2 Å². The Morgan fingerprint density at radius 2 is 2.00 bits per heavy atom. The zero-order chi connectivity index (χ0) is 19.2. The van der Waals surface area contributed by atoms with Crippen LogP contribution < -0.4 is 4.72 Å². The monoisotopic (exact) mass is 386 g/mol. The summed E-state index contributed by atoms with van der Waals surface area (Å²) in [5.41, 5.74) is -6.61. The average Bonchev–Trinajstić information content (AvgIpc) is 2.50. The highest BCUT2D eigenvalue weighted by Crippen LogP contribution is 2.38. The van der Waals surface area contributed by atoms with Gasteiger partial charge in [0.25, 0.3) is 0 Å². The van der Waals surface area contributed by atoms with Gasteiger partial charge in [-0.15, -0.1) is 0 Å². The maximum atomic E-state index is 12.4. The van der Waals surface area contributed by atoms with Crippen molar-refractivity contribution >= 4 is 27.9 Å². The number of hydrogen-bond donors (Lipinski definition) is 2. The molecule has 13 heteroatoms. The topological polar surface area (TPSA) is 130 Å². The number of ether oxygens (including phenoxy) is 1. The molecule has 0 aromatic carbocycles. The van der Waals surface area contributed by atoms with E-state index in [1.807, 2.05) is 0 Å². The van der Waals surface area contributed by atoms with Crippen LogP contribution in [0, 0.1) is 0 Å². The third-order valence-electron chi connectivity index (χ3n) is 3.75. The number of carbonyl (C=O) groups excluding carboxylic acids is 2. The molecule has 9 nitrogen and oxygen atoms in total. The molecule has 25 heavy (non-hydrogen) atoms. The summed E-state index contributed by atoms with van der Waals surface area (Å²) in [5.74, 6) is -3.78. The molecular formula is C12H13F3N2O7S. The molecule has 0 spiro atoms. The summed E-state index contributed by atoms with van der Waals surface area (Å²) in [6.07, 6.45) is -0.277. The number of halogens is 3. The first-order valence-corrected chi connectivity index (χ1v) is 8.46. The molecule has 0 aromatic heterocycles. The number of nitrogens with one attached hydrogen (secondary N) is 1. The predicted molar refractivity (Wildman–Crippen MR) is 73.1 cm³/mol. The molecule has 0 aromatic rings. The number of alkyl halides is 3. The van der Waals surface area contributed by atoms with Crippen molar-refractivity contribution in [2.24, 2.45) is 0 Å². The zero-order valence-electron chi connectivity index (χ0n) is 12.7. The van der Waals surface area contributed by atoms with E-state index in [1.54, 1.807) is 0 Å². The van der Waals surface area contributed by atoms with Gasteiger partial charge in [0, 0.05) is 0 Å². The van der Waals surface area contributed by atoms with Crippen molar-refractivity contribution in [2.45, 2.75) is 37.4 Å². The quantitative estimate of drug-likeness (QED) is 0.490. The second-order valence-electron chi connectivity index (χ2n) is 5.21. The van der Waals surface area contributed by atoms with E-state index in [9.17, 15) is 41.1 Å². The van der Waals surface area contributed by atoms with Crippen LogP contribution in [0.4, 0.5) is 13.2 Å². The number of hydrogen-bond acceptors (Lipinski definition) is 6. The van der Waals surface area contributed by atoms with Gasteiger partial charge in [-0.2, -0.15) is 17.9 Å². The smallest absolute Gasteiger partial charge is 0.477 e. The number of carboxylic acid groups (broad SMARTS) is 1. The summed E-state index contributed by atoms with van der Waals surface area (Å²) < 4.78 is 65.5. The van der Waals surface area contributed by atoms with Gasteiger partial charge in [-0.3, -0.25) is 9.69 Å². The lowest BCUT2D eigenvalue weighted by Crippen LogP contribution is -2.72. The van der Waals surface area contributed by atoms with Gasteiger partial charge in [0.05, 0.1) is 18.2 Å². The largest absolute Gasteiger partial charge is 0.511 e. The van der Waals surface area contributed by atoms with Gasteiger partial charge < -0.3 is 9.84 Å². The maximum absolute atomic E-state index is 12.4. The Bertz CT molecular complexity index is 759. The molecule has 2 aliphatic heterocycles. The van der Waals surface area contributed by atoms with E-state index in [-0.39, 0.29) is 25.0 Å². The fourth-order valence-electron chi connectivity index (χ4n) is 2.68. The third-order valence-corrected chi connectivity index (χ3v) is 4.92. The summed E-state index contributed by atoms with van der Waals surface area (Å²) in [4.78, 5) is 35.8. The molecule has 0 radical (unpaired) electrons. The zero-order valence-corrected chi connectivity index (χ0v) is 13.5. The Morgan fingerprint density at radius 1 is 1.40 bits per heavy atom. The molecule has 0 bridgehead atoms. The highest BCUT2D eigenvalue weighted by Gasteiger charge is 2.58. The molecule has 1 amide bonds. The summed E-state index contributed by atoms with van der Waals surface area (Å²) in [6.45, 7) is 1.45. The minimum atomic E-state index is -5.77. The Labute approximate surface area is 139 Å². The molecule has 1 fully saturated rings. The van der Waals surface area contributed by atoms with Crippen LogP contribution in [0.15, 0.2) is 11.3 Å². The van der Waals surface area contributed by atoms with Gasteiger partial charge in [-0.1, -0.05) is 0 Å². The van der Waals surface area contributed by atoms with E-state index in [1.165, 1.54) is 11.6 Å². The molecule has 1 saturated heterocycles. The fourth-order valence-corrected chi connectivity index (χ4v) is 3.41. The minimum absolute atomic E-state index is 0.0411. The van der Waals surface area contributed by atoms with Crippen molar-refractivity contribution < 1.29 is 45.8 Å². The highest BCUT2D eigenvalue weighted by atomic mass is 32.2. The number of fused-ring (bicyclic) bond motifs is 1. The average molecular weight is 386 g/mol. The van der Waals surface area contributed by atoms with Crippen molar-refractivity contribution in [1.82, 2.24) is 9.62 Å². The van der Waals surface area contributed by atoms with E-state index in [2.05, 4.69) is 0 Å². The van der Waals surface area contributed by atoms with Gasteiger partial charge in [-0.25, -0.2) is 18.0 Å². The number of rotatable bonds is 5. The van der Waals surface area contributed by atoms with Crippen LogP contribution in [0.5, 0.6) is 0 Å². The van der Waals surface area contributed by atoms with Gasteiger partial charge >= 0.3 is 27.5 Å². The number of carbonyl (C=O) groups is 3. The number of sulfonamides is 1. The van der Waals surface area contributed by atoms with Crippen molar-refractivity contribution in [3.63, 3.8) is 0 Å². The maximum Gasteiger partial charge on any atom is 0.511 e. The number of carboxylic acids is 1. The first-order chi connectivity index (χ1) is 11.4. The minimum Gasteiger partial charge on any atom is -0.477 e. The van der Waals surface area contributed by atoms with Crippen molar-refractivity contribution in [3.8, 4) is 0 Å². The molecule has 2 rings (SSSR count). The second-order valence-corrected chi connectivity index (χ2v) is 6.92. The van der Waals surface area contributed by atoms with E-state index in [0.29, 0.717) is 4.90 Å². The van der Waals surface area contributed by atoms with E-state index >= 15 is 0 Å². The Balaban J connectivity index is 2.31. The van der Waals surface area contributed by atoms with Gasteiger partial charge in [0.15, 0.2) is 0 Å². The summed E-state index contributed by atoms with van der Waals surface area (Å²) in [7, 11) is -5.77. The molecule has 140 valence electrons. The first kappa shape index (κ1) is 19.2. The number of nitrogens with zero attached hydrogens (tertiary/aromatic N) is 1. The molecule has 2 aliphatic rings. The summed E-state index contributed by atoms with van der Waals surface area (Å²) in [5, 5.41) is 9.24. The lowest BCUT2D eigenvalue weighted by molar-refractivity contribution is -0.154. The van der Waals surface area contributed by atoms with Crippen LogP contribution >= 0.6 is 0 Å². The van der Waals surface area contributed by atoms with Crippen LogP contribution in [0.3, 0.4) is 0 Å². The van der Waals surface area contributed by atoms with Crippen LogP contribution in [-0.2, 0) is 29.1 Å². The Hall–Kier alpha value is -2.15. The second kappa shape index (κ2) is 6.29. The highest BCUT2D eigenvalue weighted by molar-refractivity contribution is 7.90. The molecule has 0 saturated carbocycles. The molecular weight excluding hydrogens is 373 g/mol. The lowest BCUT2D eigenvalue weighted by atomic mass is 9.84. The molecule has 2 atom stereocenters. The van der Waals surface area contributed by atoms with E-state index in [4.69, 9.17) is 4.74 Å². The number of aliphatic carboxylic acids is 1. The van der Waals surface area contributed by atoms with Crippen molar-refractivity contribution in [1.29, 1.82) is 0 Å². The summed E-state index contributed by atoms with van der Waals surface area (Å²) in [6, 6.07) is -2.88. The standard InChI is InChI=1S/C12H13F3N2O7S/c1-2-24-11(21)5-3-4-6-7(16-25(22,23)12(13,14)15)9(18)17(6)8(5)10(19)20/h6-7,16H,2-4H2,1H3,(H,19,20)/t6-,7?/m0/s1. The first-order valence-electron chi connectivity index (χ1n) is 6.97.